The molecule has 0 N–H and O–H groups in total. The number of nitrogens with zero attached hydrogens (tertiary/aromatic N) is 2. The molecule has 0 aliphatic carbocycles. The molecule has 0 bridgehead atoms. The molecule has 0 spiro atoms. The highest BCUT2D eigenvalue weighted by molar-refractivity contribution is 7.89. The van der Waals surface area contributed by atoms with Crippen LogP contribution in [0, 0.1) is 0 Å². The second-order valence-electron chi connectivity index (χ2n) is 11.2. The number of methoxy groups -OCH3 is 2. The molecule has 2 aliphatic rings. The van der Waals surface area contributed by atoms with Crippen LogP contribution in [0.25, 0.3) is 0 Å². The van der Waals surface area contributed by atoms with Crippen LogP contribution in [0.1, 0.15) is 72.1 Å². The van der Waals surface area contributed by atoms with Gasteiger partial charge in [-0.15, -0.1) is 0 Å². The topological polar surface area (TPSA) is 85.4 Å². The summed E-state index contributed by atoms with van der Waals surface area (Å²) in [6.45, 7) is 6.09. The summed E-state index contributed by atoms with van der Waals surface area (Å²) in [5.74, 6) is 2.20. The summed E-state index contributed by atoms with van der Waals surface area (Å²) in [4.78, 5) is 16.0. The van der Waals surface area contributed by atoms with Crippen molar-refractivity contribution in [3.05, 3.63) is 82.9 Å². The van der Waals surface area contributed by atoms with Gasteiger partial charge >= 0.3 is 0 Å². The molecule has 0 aromatic heterocycles. The monoisotopic (exact) mass is 592 g/mol. The van der Waals surface area contributed by atoms with Crippen molar-refractivity contribution in [1.82, 2.24) is 9.21 Å². The van der Waals surface area contributed by atoms with Gasteiger partial charge in [0.05, 0.1) is 25.2 Å². The highest BCUT2D eigenvalue weighted by Crippen LogP contribution is 2.39. The number of carbonyl (C=O) groups is 1. The fourth-order valence-electron chi connectivity index (χ4n) is 5.76. The van der Waals surface area contributed by atoms with E-state index in [1.807, 2.05) is 29.2 Å². The summed E-state index contributed by atoms with van der Waals surface area (Å²) in [6, 6.07) is 17.9. The van der Waals surface area contributed by atoms with E-state index in [4.69, 9.17) is 14.2 Å². The van der Waals surface area contributed by atoms with Crippen molar-refractivity contribution in [2.75, 3.05) is 40.5 Å². The van der Waals surface area contributed by atoms with Gasteiger partial charge in [0.2, 0.25) is 10.0 Å². The van der Waals surface area contributed by atoms with Gasteiger partial charge in [0, 0.05) is 25.2 Å². The second-order valence-corrected chi connectivity index (χ2v) is 13.1. The first-order valence-corrected chi connectivity index (χ1v) is 16.1. The molecule has 0 radical (unpaired) electrons. The molecule has 2 heterocycles. The summed E-state index contributed by atoms with van der Waals surface area (Å²) >= 11 is 0. The Hall–Kier alpha value is -3.56. The van der Waals surface area contributed by atoms with Gasteiger partial charge in [0.1, 0.15) is 12.4 Å². The van der Waals surface area contributed by atoms with E-state index in [1.165, 1.54) is 9.87 Å². The third kappa shape index (κ3) is 6.13. The molecule has 1 amide bonds. The van der Waals surface area contributed by atoms with Crippen molar-refractivity contribution in [2.45, 2.75) is 56.4 Å². The molecule has 9 heteroatoms. The van der Waals surface area contributed by atoms with E-state index >= 15 is 0 Å². The van der Waals surface area contributed by atoms with Crippen molar-refractivity contribution < 1.29 is 27.4 Å². The minimum atomic E-state index is -3.58. The number of hydrogen-bond donors (Lipinski definition) is 0. The Morgan fingerprint density at radius 2 is 1.52 bits per heavy atom. The van der Waals surface area contributed by atoms with Crippen molar-refractivity contribution in [1.29, 1.82) is 0 Å². The summed E-state index contributed by atoms with van der Waals surface area (Å²) in [5.41, 5.74) is 3.67. The van der Waals surface area contributed by atoms with Crippen molar-refractivity contribution in [2.24, 2.45) is 0 Å². The molecule has 8 nitrogen and oxygen atoms in total. The zero-order valence-corrected chi connectivity index (χ0v) is 25.7. The lowest BCUT2D eigenvalue weighted by atomic mass is 9.91. The summed E-state index contributed by atoms with van der Waals surface area (Å²) in [6.07, 6.45) is 3.43. The molecule has 42 heavy (non-hydrogen) atoms. The molecular formula is C33H40N2O6S. The van der Waals surface area contributed by atoms with Gasteiger partial charge in [-0.2, -0.15) is 4.31 Å². The maximum absolute atomic E-state index is 13.9. The second kappa shape index (κ2) is 12.8. The Morgan fingerprint density at radius 3 is 2.14 bits per heavy atom. The molecule has 1 saturated heterocycles. The van der Waals surface area contributed by atoms with E-state index in [1.54, 1.807) is 38.5 Å². The van der Waals surface area contributed by atoms with Crippen molar-refractivity contribution in [3.8, 4) is 17.2 Å². The Bertz CT molecular complexity index is 1500. The lowest BCUT2D eigenvalue weighted by Crippen LogP contribution is -2.42. The minimum absolute atomic E-state index is 0.180. The highest BCUT2D eigenvalue weighted by Gasteiger charge is 2.34. The molecule has 3 aromatic carbocycles. The number of ether oxygens (including phenoxy) is 3. The molecule has 5 rings (SSSR count). The van der Waals surface area contributed by atoms with Crippen LogP contribution >= 0.6 is 0 Å². The molecular weight excluding hydrogens is 552 g/mol. The molecule has 0 saturated carbocycles. The molecule has 1 atom stereocenters. The third-order valence-electron chi connectivity index (χ3n) is 8.27. The predicted octanol–water partition coefficient (Wildman–Crippen LogP) is 5.82. The van der Waals surface area contributed by atoms with Crippen LogP contribution < -0.4 is 14.2 Å². The first-order chi connectivity index (χ1) is 20.2. The quantitative estimate of drug-likeness (QED) is 0.311. The van der Waals surface area contributed by atoms with Crippen LogP contribution in [-0.4, -0.2) is 64.0 Å². The Balaban J connectivity index is 1.42. The Morgan fingerprint density at radius 1 is 0.881 bits per heavy atom. The third-order valence-corrected chi connectivity index (χ3v) is 10.2. The average molecular weight is 593 g/mol. The average Bonchev–Trinajstić information content (AvgIpc) is 3.03. The predicted molar refractivity (Wildman–Crippen MR) is 162 cm³/mol. The number of carbonyl (C=O) groups excluding carboxylic acids is 1. The van der Waals surface area contributed by atoms with Crippen LogP contribution in [0.2, 0.25) is 0 Å². The molecule has 1 fully saturated rings. The van der Waals surface area contributed by atoms with Gasteiger partial charge < -0.3 is 19.1 Å². The number of piperidine rings is 1. The Labute approximate surface area is 249 Å². The van der Waals surface area contributed by atoms with Crippen molar-refractivity contribution >= 4 is 15.9 Å². The van der Waals surface area contributed by atoms with Gasteiger partial charge in [0.15, 0.2) is 11.5 Å². The fraction of sp³-hybridized carbons (Fsp3) is 0.424. The van der Waals surface area contributed by atoms with E-state index in [9.17, 15) is 13.2 Å². The number of benzene rings is 3. The number of sulfonamides is 1. The number of rotatable bonds is 9. The van der Waals surface area contributed by atoms with E-state index in [-0.39, 0.29) is 23.5 Å². The summed E-state index contributed by atoms with van der Waals surface area (Å²) in [5, 5.41) is 0. The molecule has 0 unspecified atom stereocenters. The van der Waals surface area contributed by atoms with E-state index < -0.39 is 10.0 Å². The lowest BCUT2D eigenvalue weighted by molar-refractivity contribution is 0.0589. The summed E-state index contributed by atoms with van der Waals surface area (Å²) < 4.78 is 45.2. The van der Waals surface area contributed by atoms with Crippen LogP contribution in [0.5, 0.6) is 17.2 Å². The van der Waals surface area contributed by atoms with Crippen LogP contribution in [0.15, 0.2) is 65.6 Å². The number of hydrogen-bond acceptors (Lipinski definition) is 6. The zero-order valence-electron chi connectivity index (χ0n) is 24.8. The number of fused-ring (bicyclic) bond motifs is 1. The largest absolute Gasteiger partial charge is 0.493 e. The number of amides is 1. The van der Waals surface area contributed by atoms with Crippen LogP contribution in [-0.2, 0) is 16.4 Å². The minimum Gasteiger partial charge on any atom is -0.493 e. The van der Waals surface area contributed by atoms with E-state index in [0.29, 0.717) is 49.0 Å². The molecule has 224 valence electrons. The van der Waals surface area contributed by atoms with Gasteiger partial charge in [-0.25, -0.2) is 8.42 Å². The van der Waals surface area contributed by atoms with Gasteiger partial charge in [0.25, 0.3) is 5.91 Å². The smallest absolute Gasteiger partial charge is 0.254 e. The first kappa shape index (κ1) is 29.9. The van der Waals surface area contributed by atoms with Gasteiger partial charge in [-0.3, -0.25) is 4.79 Å². The van der Waals surface area contributed by atoms with Crippen molar-refractivity contribution in [3.63, 3.8) is 0 Å². The normalized spacial score (nSPS) is 17.5. The van der Waals surface area contributed by atoms with E-state index in [2.05, 4.69) is 26.0 Å². The first-order valence-electron chi connectivity index (χ1n) is 14.6. The van der Waals surface area contributed by atoms with Gasteiger partial charge in [-0.05, 0) is 90.4 Å². The molecule has 2 aliphatic heterocycles. The zero-order chi connectivity index (χ0) is 29.9. The maximum atomic E-state index is 13.9. The summed E-state index contributed by atoms with van der Waals surface area (Å²) in [7, 11) is -0.375. The standard InChI is InChI=1S/C33H40N2O6S/c1-23(2)24-8-12-27(13-9-24)41-22-30-29-21-32(40-4)31(39-3)20-26(29)16-19-35(30)33(36)25-10-14-28(15-11-25)42(37,38)34-17-6-5-7-18-34/h8-15,20-21,23,30H,5-7,16-19,22H2,1-4H3/t30-/m0/s1. The maximum Gasteiger partial charge on any atom is 0.254 e. The van der Waals surface area contributed by atoms with Crippen LogP contribution in [0.3, 0.4) is 0 Å². The molecule has 3 aromatic rings. The highest BCUT2D eigenvalue weighted by atomic mass is 32.2. The van der Waals surface area contributed by atoms with E-state index in [0.717, 1.165) is 36.1 Å². The fourth-order valence-corrected chi connectivity index (χ4v) is 7.28. The van der Waals surface area contributed by atoms with Gasteiger partial charge in [-0.1, -0.05) is 32.4 Å². The lowest BCUT2D eigenvalue weighted by Gasteiger charge is -2.37. The van der Waals surface area contributed by atoms with Crippen LogP contribution in [0.4, 0.5) is 0 Å². The Kier molecular flexibility index (Phi) is 9.08. The SMILES string of the molecule is COc1cc2c(cc1OC)[C@H](COc1ccc(C(C)C)cc1)N(C(=O)c1ccc(S(=O)(=O)N3CCCCC3)cc1)CC2.